The first-order valence-electron chi connectivity index (χ1n) is 6.10. The number of nitrogens with zero attached hydrogens (tertiary/aromatic N) is 3. The number of aryl methyl sites for hydroxylation is 2. The molecular formula is C13H16N4O2. The summed E-state index contributed by atoms with van der Waals surface area (Å²) in [5.74, 6) is 0. The van der Waals surface area contributed by atoms with Gasteiger partial charge in [-0.3, -0.25) is 14.8 Å². The number of hydrogen-bond acceptors (Lipinski definition) is 4. The first-order chi connectivity index (χ1) is 9.10. The predicted molar refractivity (Wildman–Crippen MR) is 73.1 cm³/mol. The molecule has 0 spiro atoms. The maximum Gasteiger partial charge on any atom is 0.272 e. The van der Waals surface area contributed by atoms with E-state index in [1.807, 2.05) is 23.9 Å². The molecule has 1 aromatic heterocycles. The number of nitrogens with one attached hydrogen (secondary N) is 1. The van der Waals surface area contributed by atoms with Crippen molar-refractivity contribution in [1.82, 2.24) is 9.78 Å². The average Bonchev–Trinajstić information content (AvgIpc) is 2.85. The zero-order chi connectivity index (χ0) is 13.8. The number of nitro benzene ring substituents is 1. The number of benzene rings is 1. The number of anilines is 1. The Balaban J connectivity index is 2.07. The Morgan fingerprint density at radius 2 is 2.26 bits per heavy atom. The van der Waals surface area contributed by atoms with Crippen molar-refractivity contribution >= 4 is 11.4 Å². The van der Waals surface area contributed by atoms with E-state index in [0.29, 0.717) is 12.1 Å². The maximum absolute atomic E-state index is 10.9. The summed E-state index contributed by atoms with van der Waals surface area (Å²) in [6.07, 6.45) is 3.65. The SMILES string of the molecule is CCn1cc(NCc2ccc(C)c([N+](=O)[O-])c2)cn1. The van der Waals surface area contributed by atoms with Crippen molar-refractivity contribution in [2.45, 2.75) is 26.9 Å². The molecule has 0 unspecified atom stereocenters. The molecule has 0 bridgehead atoms. The Hall–Kier alpha value is -2.37. The van der Waals surface area contributed by atoms with Gasteiger partial charge in [0.05, 0.1) is 16.8 Å². The van der Waals surface area contributed by atoms with Crippen LogP contribution in [0.1, 0.15) is 18.1 Å². The van der Waals surface area contributed by atoms with Gasteiger partial charge in [-0.25, -0.2) is 0 Å². The molecule has 0 aliphatic heterocycles. The third kappa shape index (κ3) is 3.09. The summed E-state index contributed by atoms with van der Waals surface area (Å²) in [6, 6.07) is 5.26. The molecular weight excluding hydrogens is 244 g/mol. The van der Waals surface area contributed by atoms with Gasteiger partial charge in [0.25, 0.3) is 5.69 Å². The fraction of sp³-hybridized carbons (Fsp3) is 0.308. The first kappa shape index (κ1) is 13.1. The molecule has 0 radical (unpaired) electrons. The van der Waals surface area contributed by atoms with E-state index in [4.69, 9.17) is 0 Å². The van der Waals surface area contributed by atoms with Gasteiger partial charge in [0.15, 0.2) is 0 Å². The highest BCUT2D eigenvalue weighted by Gasteiger charge is 2.10. The lowest BCUT2D eigenvalue weighted by Crippen LogP contribution is -2.00. The third-order valence-corrected chi connectivity index (χ3v) is 2.92. The topological polar surface area (TPSA) is 73.0 Å². The molecule has 0 aliphatic carbocycles. The van der Waals surface area contributed by atoms with Gasteiger partial charge in [-0.15, -0.1) is 0 Å². The first-order valence-corrected chi connectivity index (χ1v) is 6.10. The van der Waals surface area contributed by atoms with Crippen LogP contribution in [0.15, 0.2) is 30.6 Å². The summed E-state index contributed by atoms with van der Waals surface area (Å²) in [4.78, 5) is 10.5. The summed E-state index contributed by atoms with van der Waals surface area (Å²) in [7, 11) is 0. The fourth-order valence-corrected chi connectivity index (χ4v) is 1.79. The van der Waals surface area contributed by atoms with Crippen molar-refractivity contribution < 1.29 is 4.92 Å². The van der Waals surface area contributed by atoms with Gasteiger partial charge in [0, 0.05) is 30.9 Å². The van der Waals surface area contributed by atoms with Crippen LogP contribution in [-0.4, -0.2) is 14.7 Å². The largest absolute Gasteiger partial charge is 0.378 e. The van der Waals surface area contributed by atoms with E-state index in [1.165, 1.54) is 0 Å². The summed E-state index contributed by atoms with van der Waals surface area (Å²) in [5, 5.41) is 18.2. The van der Waals surface area contributed by atoms with E-state index in [-0.39, 0.29) is 10.6 Å². The highest BCUT2D eigenvalue weighted by Crippen LogP contribution is 2.20. The van der Waals surface area contributed by atoms with Crippen molar-refractivity contribution in [2.75, 3.05) is 5.32 Å². The Bertz CT molecular complexity index is 592. The smallest absolute Gasteiger partial charge is 0.272 e. The molecule has 6 nitrogen and oxygen atoms in total. The lowest BCUT2D eigenvalue weighted by Gasteiger charge is -2.05. The van der Waals surface area contributed by atoms with Crippen LogP contribution in [0.3, 0.4) is 0 Å². The molecule has 100 valence electrons. The molecule has 0 atom stereocenters. The van der Waals surface area contributed by atoms with Crippen LogP contribution in [-0.2, 0) is 13.1 Å². The Labute approximate surface area is 111 Å². The quantitative estimate of drug-likeness (QED) is 0.662. The summed E-state index contributed by atoms with van der Waals surface area (Å²) in [6.45, 7) is 5.11. The second-order valence-corrected chi connectivity index (χ2v) is 4.32. The van der Waals surface area contributed by atoms with Gasteiger partial charge < -0.3 is 5.32 Å². The highest BCUT2D eigenvalue weighted by atomic mass is 16.6. The molecule has 0 amide bonds. The van der Waals surface area contributed by atoms with Crippen LogP contribution in [0.2, 0.25) is 0 Å². The van der Waals surface area contributed by atoms with Crippen molar-refractivity contribution in [3.63, 3.8) is 0 Å². The molecule has 19 heavy (non-hydrogen) atoms. The molecule has 1 aromatic carbocycles. The summed E-state index contributed by atoms with van der Waals surface area (Å²) >= 11 is 0. The van der Waals surface area contributed by atoms with Crippen molar-refractivity contribution in [3.05, 3.63) is 51.8 Å². The minimum absolute atomic E-state index is 0.156. The highest BCUT2D eigenvalue weighted by molar-refractivity contribution is 5.45. The van der Waals surface area contributed by atoms with E-state index in [2.05, 4.69) is 10.4 Å². The second-order valence-electron chi connectivity index (χ2n) is 4.32. The molecule has 2 rings (SSSR count). The Kier molecular flexibility index (Phi) is 3.79. The zero-order valence-corrected chi connectivity index (χ0v) is 11.0. The van der Waals surface area contributed by atoms with Gasteiger partial charge in [0.2, 0.25) is 0 Å². The van der Waals surface area contributed by atoms with E-state index in [0.717, 1.165) is 17.8 Å². The molecule has 2 aromatic rings. The monoisotopic (exact) mass is 260 g/mol. The summed E-state index contributed by atoms with van der Waals surface area (Å²) in [5.41, 5.74) is 2.61. The molecule has 6 heteroatoms. The van der Waals surface area contributed by atoms with Crippen LogP contribution in [0.5, 0.6) is 0 Å². The number of rotatable bonds is 5. The fourth-order valence-electron chi connectivity index (χ4n) is 1.79. The number of nitro groups is 1. The minimum atomic E-state index is -0.353. The van der Waals surface area contributed by atoms with Crippen molar-refractivity contribution in [2.24, 2.45) is 0 Å². The number of hydrogen-bond donors (Lipinski definition) is 1. The Morgan fingerprint density at radius 1 is 1.47 bits per heavy atom. The molecule has 0 aliphatic rings. The van der Waals surface area contributed by atoms with Crippen LogP contribution in [0, 0.1) is 17.0 Å². The van der Waals surface area contributed by atoms with Crippen LogP contribution in [0.4, 0.5) is 11.4 Å². The van der Waals surface area contributed by atoms with Gasteiger partial charge >= 0.3 is 0 Å². The number of aromatic nitrogens is 2. The van der Waals surface area contributed by atoms with Crippen LogP contribution in [0.25, 0.3) is 0 Å². The van der Waals surface area contributed by atoms with Crippen molar-refractivity contribution in [1.29, 1.82) is 0 Å². The lowest BCUT2D eigenvalue weighted by atomic mass is 10.1. The Morgan fingerprint density at radius 3 is 2.89 bits per heavy atom. The molecule has 0 saturated carbocycles. The lowest BCUT2D eigenvalue weighted by molar-refractivity contribution is -0.385. The van der Waals surface area contributed by atoms with E-state index >= 15 is 0 Å². The molecule has 0 saturated heterocycles. The molecule has 1 N–H and O–H groups in total. The molecule has 1 heterocycles. The van der Waals surface area contributed by atoms with Gasteiger partial charge in [-0.1, -0.05) is 12.1 Å². The van der Waals surface area contributed by atoms with Gasteiger partial charge in [-0.05, 0) is 19.4 Å². The van der Waals surface area contributed by atoms with Crippen LogP contribution >= 0.6 is 0 Å². The van der Waals surface area contributed by atoms with E-state index in [9.17, 15) is 10.1 Å². The molecule has 0 fully saturated rings. The normalized spacial score (nSPS) is 10.4. The van der Waals surface area contributed by atoms with Crippen LogP contribution < -0.4 is 5.32 Å². The standard InChI is InChI=1S/C13H16N4O2/c1-3-16-9-12(8-15-16)14-7-11-5-4-10(2)13(6-11)17(18)19/h4-6,8-9,14H,3,7H2,1-2H3. The zero-order valence-electron chi connectivity index (χ0n) is 11.0. The predicted octanol–water partition coefficient (Wildman–Crippen LogP) is 2.73. The van der Waals surface area contributed by atoms with E-state index in [1.54, 1.807) is 25.3 Å². The van der Waals surface area contributed by atoms with Crippen molar-refractivity contribution in [3.8, 4) is 0 Å². The third-order valence-electron chi connectivity index (χ3n) is 2.92. The van der Waals surface area contributed by atoms with Gasteiger partial charge in [0.1, 0.15) is 0 Å². The van der Waals surface area contributed by atoms with Gasteiger partial charge in [-0.2, -0.15) is 5.10 Å². The van der Waals surface area contributed by atoms with E-state index < -0.39 is 0 Å². The minimum Gasteiger partial charge on any atom is -0.378 e. The summed E-state index contributed by atoms with van der Waals surface area (Å²) < 4.78 is 1.82. The maximum atomic E-state index is 10.9. The average molecular weight is 260 g/mol. The second kappa shape index (κ2) is 5.51.